The van der Waals surface area contributed by atoms with Gasteiger partial charge in [0.15, 0.2) is 17.4 Å². The van der Waals surface area contributed by atoms with Crippen LogP contribution in [0.25, 0.3) is 22.7 Å². The number of nitrogens with zero attached hydrogens (tertiary/aromatic N) is 4. The predicted octanol–water partition coefficient (Wildman–Crippen LogP) is 2.60. The molecule has 4 rings (SSSR count). The van der Waals surface area contributed by atoms with Crippen molar-refractivity contribution in [3.8, 4) is 22.8 Å². The molecule has 3 heterocycles. The van der Waals surface area contributed by atoms with Gasteiger partial charge in [0.2, 0.25) is 0 Å². The summed E-state index contributed by atoms with van der Waals surface area (Å²) in [6, 6.07) is 7.70. The maximum Gasteiger partial charge on any atom is 0.446 e. The number of aromatic nitrogens is 4. The Hall–Kier alpha value is -3.42. The number of imidazole rings is 1. The standard InChI is InChI=1S/C17H13FN4O3/c1-10-8-19-15-6-3-11(9-21(10)15)16-20-25-17(23)22(16)12-4-5-13(18)14(7-12)24-2/h3-9H,1-2H3. The predicted molar refractivity (Wildman–Crippen MR) is 87.5 cm³/mol. The number of ether oxygens (including phenoxy) is 1. The van der Waals surface area contributed by atoms with Crippen molar-refractivity contribution in [2.45, 2.75) is 6.92 Å². The lowest BCUT2D eigenvalue weighted by Crippen LogP contribution is -2.13. The zero-order valence-electron chi connectivity index (χ0n) is 13.4. The Morgan fingerprint density at radius 2 is 2.08 bits per heavy atom. The number of halogens is 1. The van der Waals surface area contributed by atoms with Gasteiger partial charge in [-0.1, -0.05) is 5.16 Å². The number of rotatable bonds is 3. The molecule has 25 heavy (non-hydrogen) atoms. The number of hydrogen-bond acceptors (Lipinski definition) is 5. The van der Waals surface area contributed by atoms with Gasteiger partial charge in [-0.2, -0.15) is 0 Å². The van der Waals surface area contributed by atoms with Crippen LogP contribution in [0.5, 0.6) is 5.75 Å². The van der Waals surface area contributed by atoms with E-state index in [0.717, 1.165) is 11.3 Å². The normalized spacial score (nSPS) is 11.2. The molecule has 0 aliphatic heterocycles. The van der Waals surface area contributed by atoms with Crippen molar-refractivity contribution < 1.29 is 13.7 Å². The maximum atomic E-state index is 13.7. The summed E-state index contributed by atoms with van der Waals surface area (Å²) in [6.45, 7) is 1.92. The van der Waals surface area contributed by atoms with Gasteiger partial charge in [0.05, 0.1) is 12.8 Å². The van der Waals surface area contributed by atoms with Crippen LogP contribution in [0.3, 0.4) is 0 Å². The van der Waals surface area contributed by atoms with Crippen molar-refractivity contribution >= 4 is 5.65 Å². The van der Waals surface area contributed by atoms with Crippen LogP contribution in [-0.4, -0.2) is 26.2 Å². The molecule has 3 aromatic heterocycles. The number of fused-ring (bicyclic) bond motifs is 1. The van der Waals surface area contributed by atoms with Gasteiger partial charge in [0.1, 0.15) is 5.65 Å². The summed E-state index contributed by atoms with van der Waals surface area (Å²) in [6.07, 6.45) is 3.56. The Labute approximate surface area is 140 Å². The Balaban J connectivity index is 1.92. The molecule has 0 saturated heterocycles. The molecule has 4 aromatic rings. The summed E-state index contributed by atoms with van der Waals surface area (Å²) in [5.41, 5.74) is 2.77. The highest BCUT2D eigenvalue weighted by atomic mass is 19.1. The first-order chi connectivity index (χ1) is 12.1. The lowest BCUT2D eigenvalue weighted by atomic mass is 10.2. The number of hydrogen-bond donors (Lipinski definition) is 0. The molecule has 126 valence electrons. The molecule has 0 radical (unpaired) electrons. The van der Waals surface area contributed by atoms with Gasteiger partial charge in [-0.3, -0.25) is 4.52 Å². The van der Waals surface area contributed by atoms with Crippen molar-refractivity contribution in [2.24, 2.45) is 0 Å². The fraction of sp³-hybridized carbons (Fsp3) is 0.118. The minimum Gasteiger partial charge on any atom is -0.494 e. The van der Waals surface area contributed by atoms with Gasteiger partial charge in [-0.05, 0) is 31.2 Å². The van der Waals surface area contributed by atoms with E-state index in [1.54, 1.807) is 12.3 Å². The van der Waals surface area contributed by atoms with Gasteiger partial charge in [-0.15, -0.1) is 0 Å². The van der Waals surface area contributed by atoms with E-state index >= 15 is 0 Å². The van der Waals surface area contributed by atoms with E-state index in [4.69, 9.17) is 9.26 Å². The third-order valence-corrected chi connectivity index (χ3v) is 3.95. The highest BCUT2D eigenvalue weighted by molar-refractivity contribution is 5.60. The summed E-state index contributed by atoms with van der Waals surface area (Å²) >= 11 is 0. The third kappa shape index (κ3) is 2.38. The van der Waals surface area contributed by atoms with E-state index in [2.05, 4.69) is 10.1 Å². The van der Waals surface area contributed by atoms with Crippen LogP contribution in [0, 0.1) is 12.7 Å². The number of methoxy groups -OCH3 is 1. The second-order valence-electron chi connectivity index (χ2n) is 5.47. The molecule has 0 bridgehead atoms. The Morgan fingerprint density at radius 3 is 2.88 bits per heavy atom. The third-order valence-electron chi connectivity index (χ3n) is 3.95. The van der Waals surface area contributed by atoms with E-state index in [9.17, 15) is 9.18 Å². The first-order valence-corrected chi connectivity index (χ1v) is 7.45. The largest absolute Gasteiger partial charge is 0.494 e. The smallest absolute Gasteiger partial charge is 0.446 e. The molecular formula is C17H13FN4O3. The van der Waals surface area contributed by atoms with Crippen molar-refractivity contribution in [2.75, 3.05) is 7.11 Å². The molecule has 1 aromatic carbocycles. The monoisotopic (exact) mass is 340 g/mol. The van der Waals surface area contributed by atoms with E-state index < -0.39 is 11.6 Å². The average Bonchev–Trinajstić information content (AvgIpc) is 3.18. The van der Waals surface area contributed by atoms with Crippen LogP contribution < -0.4 is 10.5 Å². The number of pyridine rings is 1. The zero-order valence-corrected chi connectivity index (χ0v) is 13.4. The average molecular weight is 340 g/mol. The Kier molecular flexibility index (Phi) is 3.38. The Bertz CT molecular complexity index is 1140. The fourth-order valence-electron chi connectivity index (χ4n) is 2.68. The molecule has 0 aliphatic rings. The van der Waals surface area contributed by atoms with Crippen molar-refractivity contribution in [3.63, 3.8) is 0 Å². The lowest BCUT2D eigenvalue weighted by Gasteiger charge is -2.08. The van der Waals surface area contributed by atoms with E-state index in [1.165, 1.54) is 29.9 Å². The van der Waals surface area contributed by atoms with E-state index in [0.29, 0.717) is 17.1 Å². The summed E-state index contributed by atoms with van der Waals surface area (Å²) in [4.78, 5) is 16.4. The van der Waals surface area contributed by atoms with Crippen molar-refractivity contribution in [3.05, 3.63) is 64.8 Å². The summed E-state index contributed by atoms with van der Waals surface area (Å²) in [5.74, 6) is -0.870. The van der Waals surface area contributed by atoms with Gasteiger partial charge in [0, 0.05) is 29.7 Å². The van der Waals surface area contributed by atoms with E-state index in [-0.39, 0.29) is 5.75 Å². The lowest BCUT2D eigenvalue weighted by molar-refractivity contribution is 0.381. The molecule has 0 aliphatic carbocycles. The van der Waals surface area contributed by atoms with Crippen LogP contribution in [0.1, 0.15) is 5.69 Å². The zero-order chi connectivity index (χ0) is 17.6. The molecule has 7 nitrogen and oxygen atoms in total. The van der Waals surface area contributed by atoms with Crippen LogP contribution >= 0.6 is 0 Å². The van der Waals surface area contributed by atoms with Gasteiger partial charge in [0.25, 0.3) is 0 Å². The van der Waals surface area contributed by atoms with Gasteiger partial charge >= 0.3 is 5.76 Å². The molecule has 0 amide bonds. The quantitative estimate of drug-likeness (QED) is 0.573. The van der Waals surface area contributed by atoms with Gasteiger partial charge in [-0.25, -0.2) is 18.7 Å². The van der Waals surface area contributed by atoms with Crippen LogP contribution in [0.4, 0.5) is 4.39 Å². The molecule has 0 N–H and O–H groups in total. The second kappa shape index (κ2) is 5.59. The van der Waals surface area contributed by atoms with E-state index in [1.807, 2.05) is 23.6 Å². The molecule has 0 fully saturated rings. The van der Waals surface area contributed by atoms with Gasteiger partial charge < -0.3 is 9.14 Å². The molecule has 0 spiro atoms. The molecular weight excluding hydrogens is 327 g/mol. The Morgan fingerprint density at radius 1 is 1.24 bits per heavy atom. The fourth-order valence-corrected chi connectivity index (χ4v) is 2.68. The maximum absolute atomic E-state index is 13.7. The minimum atomic E-state index is -0.675. The highest BCUT2D eigenvalue weighted by Crippen LogP contribution is 2.24. The number of aryl methyl sites for hydroxylation is 1. The van der Waals surface area contributed by atoms with Crippen LogP contribution in [0.2, 0.25) is 0 Å². The van der Waals surface area contributed by atoms with Crippen molar-refractivity contribution in [1.82, 2.24) is 19.1 Å². The van der Waals surface area contributed by atoms with Crippen molar-refractivity contribution in [1.29, 1.82) is 0 Å². The SMILES string of the molecule is COc1cc(-n2c(-c3ccc4ncc(C)n4c3)noc2=O)ccc1F. The summed E-state index contributed by atoms with van der Waals surface area (Å²) < 4.78 is 26.6. The highest BCUT2D eigenvalue weighted by Gasteiger charge is 2.17. The molecule has 8 heteroatoms. The summed E-state index contributed by atoms with van der Waals surface area (Å²) in [5, 5.41) is 3.87. The van der Waals surface area contributed by atoms with Crippen LogP contribution in [-0.2, 0) is 0 Å². The minimum absolute atomic E-state index is 0.0254. The molecule has 0 unspecified atom stereocenters. The topological polar surface area (TPSA) is 74.6 Å². The first kappa shape index (κ1) is 15.1. The summed E-state index contributed by atoms with van der Waals surface area (Å²) in [7, 11) is 1.36. The second-order valence-corrected chi connectivity index (χ2v) is 5.47. The molecule has 0 saturated carbocycles. The van der Waals surface area contributed by atoms with Crippen LogP contribution in [0.15, 0.2) is 52.0 Å². The number of benzene rings is 1. The first-order valence-electron chi connectivity index (χ1n) is 7.45. The molecule has 0 atom stereocenters.